The van der Waals surface area contributed by atoms with Crippen molar-refractivity contribution < 1.29 is 34.8 Å². The average molecular weight is 420 g/mol. The van der Waals surface area contributed by atoms with E-state index in [1.165, 1.54) is 18.2 Å². The molecule has 0 amide bonds. The SMILES string of the molecule is O=S(=O)(Nc1cc(F)c(C(F)(F)F)cc1F)c1c[nH]c(-c2cccc(F)c2)c1. The van der Waals surface area contributed by atoms with E-state index in [-0.39, 0.29) is 17.8 Å². The van der Waals surface area contributed by atoms with Crippen LogP contribution in [-0.4, -0.2) is 13.4 Å². The number of aromatic nitrogens is 1. The summed E-state index contributed by atoms with van der Waals surface area (Å²) >= 11 is 0. The molecule has 3 rings (SSSR count). The van der Waals surface area contributed by atoms with Crippen LogP contribution >= 0.6 is 0 Å². The topological polar surface area (TPSA) is 62.0 Å². The Hall–Kier alpha value is -2.95. The van der Waals surface area contributed by atoms with Gasteiger partial charge in [0, 0.05) is 23.5 Å². The van der Waals surface area contributed by atoms with Gasteiger partial charge >= 0.3 is 6.18 Å². The average Bonchev–Trinajstić information content (AvgIpc) is 3.07. The number of aromatic amines is 1. The van der Waals surface area contributed by atoms with Crippen molar-refractivity contribution in [2.24, 2.45) is 0 Å². The molecule has 0 aliphatic rings. The molecular weight excluding hydrogens is 410 g/mol. The lowest BCUT2D eigenvalue weighted by molar-refractivity contribution is -0.140. The fourth-order valence-electron chi connectivity index (χ4n) is 2.40. The van der Waals surface area contributed by atoms with E-state index in [4.69, 9.17) is 0 Å². The molecular formula is C17H10F6N2O2S. The van der Waals surface area contributed by atoms with E-state index in [0.29, 0.717) is 5.56 Å². The van der Waals surface area contributed by atoms with E-state index >= 15 is 0 Å². The van der Waals surface area contributed by atoms with Gasteiger partial charge in [0.25, 0.3) is 10.0 Å². The van der Waals surface area contributed by atoms with Crippen LogP contribution in [-0.2, 0) is 16.2 Å². The Kier molecular flexibility index (Phi) is 4.88. The van der Waals surface area contributed by atoms with Crippen LogP contribution in [0.2, 0.25) is 0 Å². The highest BCUT2D eigenvalue weighted by Gasteiger charge is 2.35. The molecule has 1 aromatic heterocycles. The van der Waals surface area contributed by atoms with E-state index in [1.807, 2.05) is 0 Å². The molecule has 0 bridgehead atoms. The highest BCUT2D eigenvalue weighted by atomic mass is 32.2. The number of hydrogen-bond acceptors (Lipinski definition) is 2. The number of rotatable bonds is 4. The summed E-state index contributed by atoms with van der Waals surface area (Å²) in [5, 5.41) is 0. The molecule has 0 radical (unpaired) electrons. The zero-order chi connectivity index (χ0) is 20.7. The van der Waals surface area contributed by atoms with Gasteiger partial charge < -0.3 is 4.98 Å². The third-order valence-electron chi connectivity index (χ3n) is 3.71. The van der Waals surface area contributed by atoms with E-state index in [1.54, 1.807) is 4.72 Å². The Labute approximate surface area is 154 Å². The molecule has 148 valence electrons. The van der Waals surface area contributed by atoms with Crippen LogP contribution in [0.5, 0.6) is 0 Å². The van der Waals surface area contributed by atoms with E-state index < -0.39 is 49.8 Å². The second-order valence-corrected chi connectivity index (χ2v) is 7.36. The maximum absolute atomic E-state index is 13.9. The zero-order valence-corrected chi connectivity index (χ0v) is 14.4. The third kappa shape index (κ3) is 3.98. The first-order valence-electron chi connectivity index (χ1n) is 7.51. The molecule has 0 spiro atoms. The molecule has 28 heavy (non-hydrogen) atoms. The Balaban J connectivity index is 1.92. The van der Waals surface area contributed by atoms with Crippen molar-refractivity contribution >= 4 is 15.7 Å². The smallest absolute Gasteiger partial charge is 0.360 e. The molecule has 0 aliphatic heterocycles. The van der Waals surface area contributed by atoms with Gasteiger partial charge in [0.05, 0.1) is 11.3 Å². The predicted molar refractivity (Wildman–Crippen MR) is 88.4 cm³/mol. The summed E-state index contributed by atoms with van der Waals surface area (Å²) in [5.74, 6) is -3.99. The minimum absolute atomic E-state index is 0.107. The third-order valence-corrected chi connectivity index (χ3v) is 5.05. The molecule has 0 atom stereocenters. The van der Waals surface area contributed by atoms with Crippen LogP contribution in [0, 0.1) is 17.5 Å². The molecule has 1 heterocycles. The highest BCUT2D eigenvalue weighted by molar-refractivity contribution is 7.92. The van der Waals surface area contributed by atoms with Crippen molar-refractivity contribution in [1.82, 2.24) is 4.98 Å². The Morgan fingerprint density at radius 3 is 2.29 bits per heavy atom. The molecule has 0 unspecified atom stereocenters. The van der Waals surface area contributed by atoms with Crippen LogP contribution in [0.15, 0.2) is 53.6 Å². The number of sulfonamides is 1. The lowest BCUT2D eigenvalue weighted by Gasteiger charge is -2.12. The van der Waals surface area contributed by atoms with Gasteiger partial charge in [0.1, 0.15) is 22.3 Å². The van der Waals surface area contributed by atoms with Gasteiger partial charge in [-0.2, -0.15) is 13.2 Å². The summed E-state index contributed by atoms with van der Waals surface area (Å²) in [5.41, 5.74) is -2.30. The lowest BCUT2D eigenvalue weighted by Crippen LogP contribution is -2.15. The first kappa shape index (κ1) is 19.8. The summed E-state index contributed by atoms with van der Waals surface area (Å²) < 4.78 is 105. The van der Waals surface area contributed by atoms with Gasteiger partial charge in [-0.05, 0) is 24.3 Å². The standard InChI is InChI=1S/C17H10F6N2O2S/c18-10-3-1-2-9(4-10)15-5-11(8-24-15)28(26,27)25-16-7-13(19)12(6-14(16)20)17(21,22)23/h1-8,24-25H. The van der Waals surface area contributed by atoms with Crippen LogP contribution in [0.4, 0.5) is 32.0 Å². The first-order valence-corrected chi connectivity index (χ1v) is 8.99. The maximum Gasteiger partial charge on any atom is 0.419 e. The summed E-state index contributed by atoms with van der Waals surface area (Å²) in [6.45, 7) is 0. The van der Waals surface area contributed by atoms with Crippen molar-refractivity contribution in [3.63, 3.8) is 0 Å². The van der Waals surface area contributed by atoms with Crippen molar-refractivity contribution in [3.8, 4) is 11.3 Å². The number of anilines is 1. The maximum atomic E-state index is 13.9. The number of nitrogens with one attached hydrogen (secondary N) is 2. The van der Waals surface area contributed by atoms with Crippen LogP contribution < -0.4 is 4.72 Å². The number of alkyl halides is 3. The zero-order valence-electron chi connectivity index (χ0n) is 13.6. The molecule has 11 heteroatoms. The van der Waals surface area contributed by atoms with Crippen LogP contribution in [0.1, 0.15) is 5.56 Å². The van der Waals surface area contributed by atoms with Crippen molar-refractivity contribution in [2.75, 3.05) is 4.72 Å². The van der Waals surface area contributed by atoms with Gasteiger partial charge in [-0.1, -0.05) is 12.1 Å². The van der Waals surface area contributed by atoms with E-state index in [2.05, 4.69) is 4.98 Å². The van der Waals surface area contributed by atoms with Crippen LogP contribution in [0.3, 0.4) is 0 Å². The number of benzene rings is 2. The van der Waals surface area contributed by atoms with Gasteiger partial charge in [0.15, 0.2) is 0 Å². The number of H-pyrrole nitrogens is 1. The molecule has 0 aliphatic carbocycles. The summed E-state index contributed by atoms with van der Waals surface area (Å²) in [7, 11) is -4.46. The Morgan fingerprint density at radius 1 is 0.929 bits per heavy atom. The second-order valence-electron chi connectivity index (χ2n) is 5.67. The largest absolute Gasteiger partial charge is 0.419 e. The van der Waals surface area contributed by atoms with Gasteiger partial charge in [-0.15, -0.1) is 0 Å². The minimum atomic E-state index is -5.14. The highest BCUT2D eigenvalue weighted by Crippen LogP contribution is 2.34. The minimum Gasteiger partial charge on any atom is -0.360 e. The van der Waals surface area contributed by atoms with Gasteiger partial charge in [0.2, 0.25) is 0 Å². The Bertz CT molecular complexity index is 1140. The quantitative estimate of drug-likeness (QED) is 0.589. The number of hydrogen-bond donors (Lipinski definition) is 2. The summed E-state index contributed by atoms with van der Waals surface area (Å²) in [6, 6.07) is 6.31. The van der Waals surface area contributed by atoms with Crippen molar-refractivity contribution in [2.45, 2.75) is 11.1 Å². The number of halogens is 6. The van der Waals surface area contributed by atoms with E-state index in [9.17, 15) is 34.8 Å². The summed E-state index contributed by atoms with van der Waals surface area (Å²) in [6.07, 6.45) is -4.12. The molecule has 2 N–H and O–H groups in total. The van der Waals surface area contributed by atoms with Gasteiger partial charge in [-0.25, -0.2) is 21.6 Å². The van der Waals surface area contributed by atoms with Crippen molar-refractivity contribution in [3.05, 3.63) is 71.7 Å². The predicted octanol–water partition coefficient (Wildman–Crippen LogP) is 4.92. The fraction of sp³-hybridized carbons (Fsp3) is 0.0588. The fourth-order valence-corrected chi connectivity index (χ4v) is 3.45. The normalized spacial score (nSPS) is 12.2. The molecule has 0 saturated heterocycles. The van der Waals surface area contributed by atoms with Gasteiger partial charge in [-0.3, -0.25) is 4.72 Å². The molecule has 4 nitrogen and oxygen atoms in total. The molecule has 3 aromatic rings. The first-order chi connectivity index (χ1) is 13.0. The molecule has 2 aromatic carbocycles. The summed E-state index contributed by atoms with van der Waals surface area (Å²) in [4.78, 5) is 2.18. The van der Waals surface area contributed by atoms with Crippen molar-refractivity contribution in [1.29, 1.82) is 0 Å². The Morgan fingerprint density at radius 2 is 1.64 bits per heavy atom. The lowest BCUT2D eigenvalue weighted by atomic mass is 10.1. The second kappa shape index (κ2) is 6.89. The van der Waals surface area contributed by atoms with E-state index in [0.717, 1.165) is 18.3 Å². The molecule has 0 fully saturated rings. The van der Waals surface area contributed by atoms with Crippen LogP contribution in [0.25, 0.3) is 11.3 Å². The molecule has 0 saturated carbocycles. The monoisotopic (exact) mass is 420 g/mol.